The van der Waals surface area contributed by atoms with Gasteiger partial charge in [0.1, 0.15) is 5.79 Å². The van der Waals surface area contributed by atoms with E-state index in [0.717, 1.165) is 0 Å². The Morgan fingerprint density at radius 2 is 1.44 bits per heavy atom. The second kappa shape index (κ2) is 3.79. The average molecular weight is 133 g/mol. The van der Waals surface area contributed by atoms with Crippen LogP contribution in [0.25, 0.3) is 0 Å². The fraction of sp³-hybridized carbons (Fsp3) is 1.00. The van der Waals surface area contributed by atoms with Gasteiger partial charge in [-0.1, -0.05) is 0 Å². The van der Waals surface area contributed by atoms with Crippen LogP contribution in [0.2, 0.25) is 0 Å². The maximum Gasteiger partial charge on any atom is 0.146 e. The highest BCUT2D eigenvalue weighted by molar-refractivity contribution is 4.75. The molecular formula is C5H15N3O. The highest BCUT2D eigenvalue weighted by Gasteiger charge is 2.20. The van der Waals surface area contributed by atoms with Crippen LogP contribution in [0.5, 0.6) is 0 Å². The van der Waals surface area contributed by atoms with Crippen molar-refractivity contribution in [1.82, 2.24) is 16.0 Å². The van der Waals surface area contributed by atoms with Gasteiger partial charge in [-0.3, -0.25) is 16.0 Å². The van der Waals surface area contributed by atoms with Gasteiger partial charge in [0.2, 0.25) is 0 Å². The standard InChI is InChI=1S/C5H15N3O/c1-6-5(4-9,7-2)8-3/h6-9H,4H2,1-3H3. The summed E-state index contributed by atoms with van der Waals surface area (Å²) in [6.07, 6.45) is 0. The Kier molecular flexibility index (Phi) is 3.72. The van der Waals surface area contributed by atoms with Gasteiger partial charge in [-0.2, -0.15) is 0 Å². The molecule has 56 valence electrons. The summed E-state index contributed by atoms with van der Waals surface area (Å²) in [6.45, 7) is 0.0104. The van der Waals surface area contributed by atoms with Gasteiger partial charge < -0.3 is 5.11 Å². The zero-order valence-corrected chi connectivity index (χ0v) is 6.15. The molecule has 0 aliphatic carbocycles. The summed E-state index contributed by atoms with van der Waals surface area (Å²) in [7, 11) is 5.30. The maximum absolute atomic E-state index is 8.79. The molecule has 0 heterocycles. The molecular weight excluding hydrogens is 118 g/mol. The summed E-state index contributed by atoms with van der Waals surface area (Å²) < 4.78 is 0. The Morgan fingerprint density at radius 3 is 1.44 bits per heavy atom. The van der Waals surface area contributed by atoms with Crippen LogP contribution in [-0.2, 0) is 0 Å². The van der Waals surface area contributed by atoms with E-state index >= 15 is 0 Å². The molecule has 9 heavy (non-hydrogen) atoms. The van der Waals surface area contributed by atoms with Gasteiger partial charge in [0.05, 0.1) is 6.61 Å². The summed E-state index contributed by atoms with van der Waals surface area (Å²) >= 11 is 0. The minimum Gasteiger partial charge on any atom is -0.392 e. The van der Waals surface area contributed by atoms with Gasteiger partial charge in [0.15, 0.2) is 0 Å². The van der Waals surface area contributed by atoms with Crippen molar-refractivity contribution in [1.29, 1.82) is 0 Å². The van der Waals surface area contributed by atoms with E-state index < -0.39 is 5.79 Å². The lowest BCUT2D eigenvalue weighted by Gasteiger charge is -2.30. The van der Waals surface area contributed by atoms with Crippen molar-refractivity contribution in [2.75, 3.05) is 27.7 Å². The van der Waals surface area contributed by atoms with E-state index in [1.165, 1.54) is 0 Å². The third-order valence-corrected chi connectivity index (χ3v) is 1.52. The van der Waals surface area contributed by atoms with Gasteiger partial charge in [-0.25, -0.2) is 0 Å². The SMILES string of the molecule is CNC(CO)(NC)NC. The van der Waals surface area contributed by atoms with Gasteiger partial charge in [-0.05, 0) is 21.1 Å². The molecule has 0 atom stereocenters. The topological polar surface area (TPSA) is 56.3 Å². The first-order chi connectivity index (χ1) is 4.24. The van der Waals surface area contributed by atoms with Gasteiger partial charge in [0.25, 0.3) is 0 Å². The summed E-state index contributed by atoms with van der Waals surface area (Å²) in [5, 5.41) is 17.5. The van der Waals surface area contributed by atoms with Crippen molar-refractivity contribution >= 4 is 0 Å². The Labute approximate surface area is 55.6 Å². The van der Waals surface area contributed by atoms with Crippen molar-refractivity contribution in [2.24, 2.45) is 0 Å². The van der Waals surface area contributed by atoms with Crippen LogP contribution >= 0.6 is 0 Å². The fourth-order valence-corrected chi connectivity index (χ4v) is 0.612. The minimum atomic E-state index is -0.528. The van der Waals surface area contributed by atoms with Crippen LogP contribution in [0.4, 0.5) is 0 Å². The molecule has 0 bridgehead atoms. The highest BCUT2D eigenvalue weighted by Crippen LogP contribution is 1.86. The van der Waals surface area contributed by atoms with Crippen LogP contribution in [0, 0.1) is 0 Å². The molecule has 0 fully saturated rings. The molecule has 4 N–H and O–H groups in total. The predicted octanol–water partition coefficient (Wildman–Crippen LogP) is -1.71. The molecule has 0 aliphatic heterocycles. The minimum absolute atomic E-state index is 0.0104. The van der Waals surface area contributed by atoms with E-state index in [0.29, 0.717) is 0 Å². The maximum atomic E-state index is 8.79. The van der Waals surface area contributed by atoms with Gasteiger partial charge >= 0.3 is 0 Å². The van der Waals surface area contributed by atoms with Crippen LogP contribution in [-0.4, -0.2) is 38.6 Å². The highest BCUT2D eigenvalue weighted by atomic mass is 16.3. The lowest BCUT2D eigenvalue weighted by molar-refractivity contribution is 0.119. The van der Waals surface area contributed by atoms with E-state index in [1.807, 2.05) is 0 Å². The molecule has 0 aliphatic rings. The van der Waals surface area contributed by atoms with Crippen molar-refractivity contribution in [2.45, 2.75) is 5.79 Å². The van der Waals surface area contributed by atoms with E-state index in [-0.39, 0.29) is 6.61 Å². The number of rotatable bonds is 4. The first kappa shape index (κ1) is 8.84. The number of aliphatic hydroxyl groups is 1. The fourth-order valence-electron chi connectivity index (χ4n) is 0.612. The van der Waals surface area contributed by atoms with Crippen LogP contribution in [0.15, 0.2) is 0 Å². The van der Waals surface area contributed by atoms with Gasteiger partial charge in [0, 0.05) is 0 Å². The summed E-state index contributed by atoms with van der Waals surface area (Å²) in [5.74, 6) is -0.528. The zero-order chi connectivity index (χ0) is 7.33. The van der Waals surface area contributed by atoms with E-state index in [2.05, 4.69) is 16.0 Å². The van der Waals surface area contributed by atoms with Crippen molar-refractivity contribution in [3.8, 4) is 0 Å². The van der Waals surface area contributed by atoms with Crippen LogP contribution in [0.1, 0.15) is 0 Å². The first-order valence-electron chi connectivity index (χ1n) is 2.92. The molecule has 0 rings (SSSR count). The summed E-state index contributed by atoms with van der Waals surface area (Å²) in [6, 6.07) is 0. The zero-order valence-electron chi connectivity index (χ0n) is 6.15. The Balaban J connectivity index is 3.82. The number of nitrogens with one attached hydrogen (secondary N) is 3. The number of hydrogen-bond donors (Lipinski definition) is 4. The van der Waals surface area contributed by atoms with Crippen molar-refractivity contribution in [3.63, 3.8) is 0 Å². The van der Waals surface area contributed by atoms with E-state index in [1.54, 1.807) is 21.1 Å². The van der Waals surface area contributed by atoms with E-state index in [4.69, 9.17) is 5.11 Å². The summed E-state index contributed by atoms with van der Waals surface area (Å²) in [5.41, 5.74) is 0. The molecule has 4 heteroatoms. The first-order valence-corrected chi connectivity index (χ1v) is 2.92. The third kappa shape index (κ3) is 1.91. The molecule has 0 saturated heterocycles. The van der Waals surface area contributed by atoms with E-state index in [9.17, 15) is 0 Å². The Bertz CT molecular complexity index is 55.1. The Hall–Kier alpha value is -0.160. The summed E-state index contributed by atoms with van der Waals surface area (Å²) in [4.78, 5) is 0. The molecule has 0 saturated carbocycles. The van der Waals surface area contributed by atoms with Gasteiger partial charge in [-0.15, -0.1) is 0 Å². The van der Waals surface area contributed by atoms with Crippen molar-refractivity contribution in [3.05, 3.63) is 0 Å². The molecule has 0 aromatic carbocycles. The molecule has 0 aromatic rings. The normalized spacial score (nSPS) is 12.0. The monoisotopic (exact) mass is 133 g/mol. The third-order valence-electron chi connectivity index (χ3n) is 1.52. The molecule has 0 radical (unpaired) electrons. The quantitative estimate of drug-likeness (QED) is 0.345. The van der Waals surface area contributed by atoms with Crippen LogP contribution < -0.4 is 16.0 Å². The number of hydrogen-bond acceptors (Lipinski definition) is 4. The number of likely N-dealkylation sites (N-methyl/N-ethyl adjacent to an activating group) is 3. The molecule has 4 nitrogen and oxygen atoms in total. The molecule has 0 aromatic heterocycles. The molecule has 0 amide bonds. The second-order valence-electron chi connectivity index (χ2n) is 1.81. The smallest absolute Gasteiger partial charge is 0.146 e. The average Bonchev–Trinajstić information content (AvgIpc) is 1.95. The lowest BCUT2D eigenvalue weighted by atomic mass is 10.4. The largest absolute Gasteiger partial charge is 0.392 e. The predicted molar refractivity (Wildman–Crippen MR) is 37.0 cm³/mol. The second-order valence-corrected chi connectivity index (χ2v) is 1.81. The molecule has 0 unspecified atom stereocenters. The number of aliphatic hydroxyl groups excluding tert-OH is 1. The van der Waals surface area contributed by atoms with Crippen molar-refractivity contribution < 1.29 is 5.11 Å². The molecule has 0 spiro atoms. The van der Waals surface area contributed by atoms with Crippen LogP contribution in [0.3, 0.4) is 0 Å². The Morgan fingerprint density at radius 1 is 1.11 bits per heavy atom. The lowest BCUT2D eigenvalue weighted by Crippen LogP contribution is -2.65.